The van der Waals surface area contributed by atoms with Crippen molar-refractivity contribution in [1.29, 1.82) is 0 Å². The molecule has 1 atom stereocenters. The maximum absolute atomic E-state index is 11.8. The predicted octanol–water partition coefficient (Wildman–Crippen LogP) is 0.328. The minimum absolute atomic E-state index is 0.0328. The summed E-state index contributed by atoms with van der Waals surface area (Å²) in [4.78, 5) is 23.5. The molecule has 2 amide bonds. The van der Waals surface area contributed by atoms with E-state index in [0.717, 1.165) is 0 Å². The third-order valence-electron chi connectivity index (χ3n) is 2.36. The van der Waals surface area contributed by atoms with Gasteiger partial charge in [-0.3, -0.25) is 9.59 Å². The number of amides is 2. The minimum Gasteiger partial charge on any atom is -0.392 e. The summed E-state index contributed by atoms with van der Waals surface area (Å²) in [6.45, 7) is 8.57. The summed E-state index contributed by atoms with van der Waals surface area (Å²) in [5.74, 6) is -0.580. The topological polar surface area (TPSA) is 84.2 Å². The Morgan fingerprint density at radius 2 is 1.65 bits per heavy atom. The van der Waals surface area contributed by atoms with E-state index in [0.29, 0.717) is 0 Å². The van der Waals surface area contributed by atoms with Gasteiger partial charge in [0.1, 0.15) is 6.04 Å². The molecule has 0 rings (SSSR count). The van der Waals surface area contributed by atoms with Crippen LogP contribution in [-0.2, 0) is 9.59 Å². The molecule has 0 aliphatic rings. The molecule has 5 nitrogen and oxygen atoms in total. The molecular weight excluding hydrogens is 238 g/mol. The smallest absolute Gasteiger partial charge is 0.242 e. The fourth-order valence-corrected chi connectivity index (χ4v) is 1.06. The van der Waals surface area contributed by atoms with Crippen LogP contribution in [-0.4, -0.2) is 28.9 Å². The quantitative estimate of drug-likeness (QED) is 0.621. The Labute approximate surface area is 108 Å². The number of thiocarbonyl (C=S) groups is 1. The fourth-order valence-electron chi connectivity index (χ4n) is 0.964. The lowest BCUT2D eigenvalue weighted by Gasteiger charge is -2.24. The van der Waals surface area contributed by atoms with Gasteiger partial charge in [0.25, 0.3) is 0 Å². The summed E-state index contributed by atoms with van der Waals surface area (Å²) in [5.41, 5.74) is 4.52. The number of carbonyl (C=O) groups is 2. The number of hydrogen-bond donors (Lipinski definition) is 3. The third kappa shape index (κ3) is 4.68. The lowest BCUT2D eigenvalue weighted by atomic mass is 9.92. The summed E-state index contributed by atoms with van der Waals surface area (Å²) in [5, 5.41) is 5.30. The van der Waals surface area contributed by atoms with E-state index in [1.54, 1.807) is 20.8 Å². The first-order chi connectivity index (χ1) is 7.59. The van der Waals surface area contributed by atoms with E-state index in [4.69, 9.17) is 18.0 Å². The largest absolute Gasteiger partial charge is 0.392 e. The SMILES string of the molecule is CC(C)NC(=O)C(C)NC(=O)C(C)(C)C(N)=S. The van der Waals surface area contributed by atoms with Crippen molar-refractivity contribution in [3.05, 3.63) is 0 Å². The number of nitrogens with one attached hydrogen (secondary N) is 2. The van der Waals surface area contributed by atoms with Crippen LogP contribution >= 0.6 is 12.2 Å². The van der Waals surface area contributed by atoms with Gasteiger partial charge >= 0.3 is 0 Å². The average molecular weight is 259 g/mol. The lowest BCUT2D eigenvalue weighted by molar-refractivity contribution is -0.131. The Morgan fingerprint density at radius 1 is 1.18 bits per heavy atom. The molecular formula is C11H21N3O2S. The van der Waals surface area contributed by atoms with Crippen LogP contribution in [0.5, 0.6) is 0 Å². The Bertz CT molecular complexity index is 327. The van der Waals surface area contributed by atoms with Crippen LogP contribution in [0.1, 0.15) is 34.6 Å². The lowest BCUT2D eigenvalue weighted by Crippen LogP contribution is -2.52. The number of carbonyl (C=O) groups excluding carboxylic acids is 2. The highest BCUT2D eigenvalue weighted by Crippen LogP contribution is 2.15. The molecule has 0 bridgehead atoms. The molecule has 4 N–H and O–H groups in total. The molecule has 0 heterocycles. The molecule has 0 aliphatic heterocycles. The van der Waals surface area contributed by atoms with Crippen molar-refractivity contribution in [2.24, 2.45) is 11.1 Å². The van der Waals surface area contributed by atoms with Gasteiger partial charge in [-0.05, 0) is 34.6 Å². The van der Waals surface area contributed by atoms with Gasteiger partial charge in [0.15, 0.2) is 0 Å². The Hall–Kier alpha value is -1.17. The molecule has 0 aromatic carbocycles. The van der Waals surface area contributed by atoms with Crippen LogP contribution in [0.25, 0.3) is 0 Å². The average Bonchev–Trinajstić information content (AvgIpc) is 2.15. The van der Waals surface area contributed by atoms with E-state index in [2.05, 4.69) is 10.6 Å². The van der Waals surface area contributed by atoms with Gasteiger partial charge in [-0.2, -0.15) is 0 Å². The zero-order chi connectivity index (χ0) is 13.8. The van der Waals surface area contributed by atoms with Crippen LogP contribution in [0.3, 0.4) is 0 Å². The number of rotatable bonds is 5. The normalized spacial score (nSPS) is 13.1. The molecule has 0 spiro atoms. The van der Waals surface area contributed by atoms with Gasteiger partial charge in [0, 0.05) is 6.04 Å². The predicted molar refractivity (Wildman–Crippen MR) is 71.4 cm³/mol. The summed E-state index contributed by atoms with van der Waals surface area (Å²) in [7, 11) is 0. The van der Waals surface area contributed by atoms with E-state index in [1.165, 1.54) is 0 Å². The van der Waals surface area contributed by atoms with Crippen molar-refractivity contribution < 1.29 is 9.59 Å². The summed E-state index contributed by atoms with van der Waals surface area (Å²) < 4.78 is 0. The van der Waals surface area contributed by atoms with Crippen molar-refractivity contribution in [2.75, 3.05) is 0 Å². The molecule has 6 heteroatoms. The maximum atomic E-state index is 11.8. The first-order valence-electron chi connectivity index (χ1n) is 5.50. The van der Waals surface area contributed by atoms with Crippen LogP contribution in [0, 0.1) is 5.41 Å². The van der Waals surface area contributed by atoms with Crippen LogP contribution in [0.4, 0.5) is 0 Å². The van der Waals surface area contributed by atoms with Crippen molar-refractivity contribution in [1.82, 2.24) is 10.6 Å². The molecule has 0 fully saturated rings. The molecule has 1 unspecified atom stereocenters. The molecule has 0 radical (unpaired) electrons. The maximum Gasteiger partial charge on any atom is 0.242 e. The third-order valence-corrected chi connectivity index (χ3v) is 2.87. The minimum atomic E-state index is -0.957. The number of nitrogens with two attached hydrogens (primary N) is 1. The van der Waals surface area contributed by atoms with Crippen LogP contribution in [0.2, 0.25) is 0 Å². The Morgan fingerprint density at radius 3 is 2.00 bits per heavy atom. The zero-order valence-corrected chi connectivity index (χ0v) is 11.8. The molecule has 0 saturated heterocycles. The summed E-state index contributed by atoms with van der Waals surface area (Å²) in [6, 6.07) is -0.580. The molecule has 0 saturated carbocycles. The first kappa shape index (κ1) is 15.8. The van der Waals surface area contributed by atoms with E-state index < -0.39 is 11.5 Å². The monoisotopic (exact) mass is 259 g/mol. The van der Waals surface area contributed by atoms with Crippen LogP contribution in [0.15, 0.2) is 0 Å². The second-order valence-electron chi connectivity index (χ2n) is 4.85. The van der Waals surface area contributed by atoms with Crippen molar-refractivity contribution in [3.8, 4) is 0 Å². The van der Waals surface area contributed by atoms with Gasteiger partial charge in [-0.1, -0.05) is 12.2 Å². The van der Waals surface area contributed by atoms with E-state index >= 15 is 0 Å². The van der Waals surface area contributed by atoms with Crippen molar-refractivity contribution in [3.63, 3.8) is 0 Å². The van der Waals surface area contributed by atoms with Gasteiger partial charge in [0.2, 0.25) is 11.8 Å². The fraction of sp³-hybridized carbons (Fsp3) is 0.727. The van der Waals surface area contributed by atoms with Gasteiger partial charge < -0.3 is 16.4 Å². The second kappa shape index (κ2) is 5.95. The van der Waals surface area contributed by atoms with Gasteiger partial charge in [0.05, 0.1) is 10.4 Å². The Balaban J connectivity index is 4.50. The number of hydrogen-bond acceptors (Lipinski definition) is 3. The van der Waals surface area contributed by atoms with E-state index in [1.807, 2.05) is 13.8 Å². The van der Waals surface area contributed by atoms with Gasteiger partial charge in [-0.15, -0.1) is 0 Å². The van der Waals surface area contributed by atoms with Crippen molar-refractivity contribution in [2.45, 2.75) is 46.7 Å². The van der Waals surface area contributed by atoms with Gasteiger partial charge in [-0.25, -0.2) is 0 Å². The molecule has 0 aromatic rings. The van der Waals surface area contributed by atoms with Crippen molar-refractivity contribution >= 4 is 29.0 Å². The van der Waals surface area contributed by atoms with Crippen LogP contribution < -0.4 is 16.4 Å². The highest BCUT2D eigenvalue weighted by atomic mass is 32.1. The standard InChI is InChI=1S/C11H21N3O2S/c1-6(2)13-8(15)7(3)14-10(16)11(4,5)9(12)17/h6-7H,1-5H3,(H2,12,17)(H,13,15)(H,14,16). The zero-order valence-electron chi connectivity index (χ0n) is 11.0. The Kier molecular flexibility index (Phi) is 5.54. The second-order valence-corrected chi connectivity index (χ2v) is 5.29. The summed E-state index contributed by atoms with van der Waals surface area (Å²) in [6.07, 6.45) is 0. The molecule has 0 aromatic heterocycles. The summed E-state index contributed by atoms with van der Waals surface area (Å²) >= 11 is 4.81. The molecule has 17 heavy (non-hydrogen) atoms. The highest BCUT2D eigenvalue weighted by Gasteiger charge is 2.32. The van der Waals surface area contributed by atoms with E-state index in [9.17, 15) is 9.59 Å². The molecule has 0 aliphatic carbocycles. The molecule has 98 valence electrons. The highest BCUT2D eigenvalue weighted by molar-refractivity contribution is 7.80. The first-order valence-corrected chi connectivity index (χ1v) is 5.91. The van der Waals surface area contributed by atoms with E-state index in [-0.39, 0.29) is 22.8 Å².